The van der Waals surface area contributed by atoms with Gasteiger partial charge in [0.25, 0.3) is 0 Å². The third kappa shape index (κ3) is 8.64. The van der Waals surface area contributed by atoms with Crippen LogP contribution in [-0.2, 0) is 36.8 Å². The first-order valence-corrected chi connectivity index (χ1v) is 15.8. The van der Waals surface area contributed by atoms with E-state index < -0.39 is 0 Å². The molecule has 0 spiro atoms. The molecule has 46 heavy (non-hydrogen) atoms. The number of anilines is 1. The number of fused-ring (bicyclic) bond motifs is 2. The molecule has 1 aliphatic rings. The van der Waals surface area contributed by atoms with Gasteiger partial charge in [0.05, 0.1) is 77.9 Å². The quantitative estimate of drug-likeness (QED) is 0.114. The average molecular weight is 641 g/mol. The molecule has 250 valence electrons. The summed E-state index contributed by atoms with van der Waals surface area (Å²) in [6.45, 7) is 7.30. The van der Waals surface area contributed by atoms with Crippen LogP contribution in [0, 0.1) is 6.92 Å². The van der Waals surface area contributed by atoms with E-state index >= 15 is 0 Å². The fourth-order valence-electron chi connectivity index (χ4n) is 5.34. The van der Waals surface area contributed by atoms with Crippen molar-refractivity contribution in [3.8, 4) is 0 Å². The van der Waals surface area contributed by atoms with Gasteiger partial charge in [-0.25, -0.2) is 19.4 Å². The molecule has 1 saturated carbocycles. The summed E-state index contributed by atoms with van der Waals surface area (Å²) in [5.41, 5.74) is 14.3. The molecule has 1 aliphatic carbocycles. The number of benzene rings is 1. The normalized spacial score (nSPS) is 13.5. The lowest BCUT2D eigenvalue weighted by atomic mass is 9.91. The molecular weight excluding hydrogens is 596 g/mol. The first-order valence-electron chi connectivity index (χ1n) is 15.8. The molecule has 0 radical (unpaired) electrons. The van der Waals surface area contributed by atoms with Crippen molar-refractivity contribution in [2.75, 3.05) is 71.7 Å². The second-order valence-corrected chi connectivity index (χ2v) is 11.2. The van der Waals surface area contributed by atoms with Gasteiger partial charge in [0, 0.05) is 19.1 Å². The van der Waals surface area contributed by atoms with Crippen LogP contribution >= 0.6 is 0 Å². The lowest BCUT2D eigenvalue weighted by molar-refractivity contribution is -0.136. The topological polar surface area (TPSA) is 204 Å². The molecule has 16 heteroatoms. The Hall–Kier alpha value is -3.96. The van der Waals surface area contributed by atoms with Gasteiger partial charge in [-0.3, -0.25) is 9.36 Å². The van der Waals surface area contributed by atoms with Crippen molar-refractivity contribution >= 4 is 33.9 Å². The van der Waals surface area contributed by atoms with Crippen molar-refractivity contribution in [2.24, 2.45) is 5.73 Å². The fraction of sp³-hybridized carbons (Fsp3) is 0.600. The predicted octanol–water partition coefficient (Wildman–Crippen LogP) is 0.600. The highest BCUT2D eigenvalue weighted by atomic mass is 16.6. The summed E-state index contributed by atoms with van der Waals surface area (Å²) in [7, 11) is 0. The van der Waals surface area contributed by atoms with E-state index in [-0.39, 0.29) is 30.0 Å². The Kier molecular flexibility index (Phi) is 12.0. The number of aromatic amines is 1. The molecule has 3 heterocycles. The van der Waals surface area contributed by atoms with Crippen LogP contribution in [0.3, 0.4) is 0 Å². The lowest BCUT2D eigenvalue weighted by Gasteiger charge is -2.37. The Morgan fingerprint density at radius 2 is 1.72 bits per heavy atom. The molecule has 5 rings (SSSR count). The zero-order valence-corrected chi connectivity index (χ0v) is 26.4. The average Bonchev–Trinajstić information content (AvgIpc) is 3.56. The molecule has 5 N–H and O–H groups in total. The number of nitrogens with two attached hydrogens (primary N) is 2. The molecule has 0 atom stereocenters. The summed E-state index contributed by atoms with van der Waals surface area (Å²) < 4.78 is 25.2. The maximum atomic E-state index is 13.1. The number of nitrogen functional groups attached to an aromatic ring is 1. The minimum atomic E-state index is -0.313. The van der Waals surface area contributed by atoms with Gasteiger partial charge in [-0.15, -0.1) is 5.10 Å². The Morgan fingerprint density at radius 3 is 2.39 bits per heavy atom. The number of aryl methyl sites for hydroxylation is 1. The number of nitrogens with one attached hydrogen (secondary N) is 1. The fourth-order valence-corrected chi connectivity index (χ4v) is 5.34. The van der Waals surface area contributed by atoms with Crippen LogP contribution in [0.25, 0.3) is 22.2 Å². The van der Waals surface area contributed by atoms with E-state index in [1.807, 2.05) is 27.8 Å². The van der Waals surface area contributed by atoms with E-state index in [0.717, 1.165) is 30.3 Å². The van der Waals surface area contributed by atoms with Crippen LogP contribution in [0.5, 0.6) is 0 Å². The van der Waals surface area contributed by atoms with Gasteiger partial charge in [0.1, 0.15) is 16.9 Å². The smallest absolute Gasteiger partial charge is 0.328 e. The number of hydrogen-bond donors (Lipinski definition) is 3. The largest absolute Gasteiger partial charge is 0.382 e. The van der Waals surface area contributed by atoms with Crippen molar-refractivity contribution < 1.29 is 23.7 Å². The zero-order valence-electron chi connectivity index (χ0n) is 26.4. The number of H-pyrrole nitrogens is 1. The maximum absolute atomic E-state index is 13.1. The number of aromatic nitrogens is 7. The van der Waals surface area contributed by atoms with Gasteiger partial charge in [0.15, 0.2) is 11.5 Å². The Morgan fingerprint density at radius 1 is 1.02 bits per heavy atom. The molecule has 1 aromatic carbocycles. The number of carbonyl (C=O) groups excluding carboxylic acids is 1. The number of carbonyl (C=O) groups is 1. The van der Waals surface area contributed by atoms with E-state index in [0.29, 0.717) is 101 Å². The van der Waals surface area contributed by atoms with Gasteiger partial charge in [-0.2, -0.15) is 0 Å². The van der Waals surface area contributed by atoms with Crippen LogP contribution in [0.2, 0.25) is 0 Å². The first kappa shape index (κ1) is 33.4. The number of rotatable bonds is 20. The highest BCUT2D eigenvalue weighted by molar-refractivity contribution is 5.81. The van der Waals surface area contributed by atoms with Crippen LogP contribution in [0.4, 0.5) is 5.82 Å². The second kappa shape index (κ2) is 16.6. The van der Waals surface area contributed by atoms with Crippen LogP contribution in [0.1, 0.15) is 37.1 Å². The number of hydrogen-bond acceptors (Lipinski definition) is 12. The van der Waals surface area contributed by atoms with Crippen molar-refractivity contribution in [3.05, 3.63) is 40.1 Å². The first-order chi connectivity index (χ1) is 22.4. The van der Waals surface area contributed by atoms with Crippen LogP contribution in [-0.4, -0.2) is 117 Å². The Bertz CT molecular complexity index is 1630. The SMILES string of the molecule is Cc1nc(N)c2[nH]c(=O)n(Cc3ccc4c(c3)nnn4CCN(C(=O)CCOCCOCCOCCOCCN)C3CCC3)c2n1. The third-order valence-electron chi connectivity index (χ3n) is 7.91. The highest BCUT2D eigenvalue weighted by Crippen LogP contribution is 2.26. The molecule has 0 unspecified atom stereocenters. The molecule has 3 aromatic heterocycles. The predicted molar refractivity (Wildman–Crippen MR) is 170 cm³/mol. The minimum Gasteiger partial charge on any atom is -0.382 e. The van der Waals surface area contributed by atoms with Crippen molar-refractivity contribution in [2.45, 2.75) is 51.7 Å². The summed E-state index contributed by atoms with van der Waals surface area (Å²) in [6, 6.07) is 6.03. The maximum Gasteiger partial charge on any atom is 0.328 e. The van der Waals surface area contributed by atoms with E-state index in [9.17, 15) is 9.59 Å². The molecule has 0 bridgehead atoms. The van der Waals surface area contributed by atoms with Gasteiger partial charge in [-0.05, 0) is 43.9 Å². The number of amides is 1. The number of nitrogens with zero attached hydrogens (tertiary/aromatic N) is 7. The van der Waals surface area contributed by atoms with Gasteiger partial charge in [0.2, 0.25) is 5.91 Å². The monoisotopic (exact) mass is 640 g/mol. The summed E-state index contributed by atoms with van der Waals surface area (Å²) in [6.07, 6.45) is 3.45. The lowest BCUT2D eigenvalue weighted by Crippen LogP contribution is -2.46. The van der Waals surface area contributed by atoms with Crippen molar-refractivity contribution in [1.82, 2.24) is 39.4 Å². The second-order valence-electron chi connectivity index (χ2n) is 11.2. The number of ether oxygens (including phenoxy) is 4. The molecule has 0 aliphatic heterocycles. The van der Waals surface area contributed by atoms with Gasteiger partial charge in [-0.1, -0.05) is 11.3 Å². The van der Waals surface area contributed by atoms with Gasteiger partial charge >= 0.3 is 5.69 Å². The third-order valence-corrected chi connectivity index (χ3v) is 7.91. The summed E-state index contributed by atoms with van der Waals surface area (Å²) >= 11 is 0. The molecule has 4 aromatic rings. The van der Waals surface area contributed by atoms with Crippen LogP contribution in [0.15, 0.2) is 23.0 Å². The molecular formula is C30H44N10O6. The standard InChI is InChI=1S/C30H44N10O6/c1-21-33-28(32)27-29(34-21)39(30(42)35-27)20-22-5-6-25-24(19-22)36-37-40(25)10-9-38(23-3-2-4-23)26(41)7-11-43-13-15-45-17-18-46-16-14-44-12-8-31/h5-6,19,23H,2-4,7-18,20,31H2,1H3,(H,35,42)(H2,32,33,34). The summed E-state index contributed by atoms with van der Waals surface area (Å²) in [4.78, 5) is 39.0. The molecule has 16 nitrogen and oxygen atoms in total. The molecule has 0 saturated heterocycles. The van der Waals surface area contributed by atoms with Gasteiger partial charge < -0.3 is 40.3 Å². The highest BCUT2D eigenvalue weighted by Gasteiger charge is 2.28. The summed E-state index contributed by atoms with van der Waals surface area (Å²) in [5, 5.41) is 8.72. The number of imidazole rings is 1. The van der Waals surface area contributed by atoms with Crippen molar-refractivity contribution in [1.29, 1.82) is 0 Å². The molecule has 1 fully saturated rings. The zero-order chi connectivity index (χ0) is 32.3. The van der Waals surface area contributed by atoms with Crippen LogP contribution < -0.4 is 17.2 Å². The van der Waals surface area contributed by atoms with E-state index in [1.165, 1.54) is 4.57 Å². The van der Waals surface area contributed by atoms with E-state index in [1.54, 1.807) is 6.92 Å². The Balaban J connectivity index is 1.07. The Labute approximate surface area is 266 Å². The summed E-state index contributed by atoms with van der Waals surface area (Å²) in [5.74, 6) is 0.802. The van der Waals surface area contributed by atoms with Crippen molar-refractivity contribution in [3.63, 3.8) is 0 Å². The van der Waals surface area contributed by atoms with E-state index in [2.05, 4.69) is 25.3 Å². The minimum absolute atomic E-state index is 0.0754. The molecule has 1 amide bonds. The van der Waals surface area contributed by atoms with E-state index in [4.69, 9.17) is 30.4 Å².